The molecular weight excluding hydrogens is 322 g/mol. The maximum atomic E-state index is 5.94. The molecule has 2 heterocycles. The number of hydrogen-bond donors (Lipinski definition) is 0. The maximum Gasteiger partial charge on any atom is 0.209 e. The molecule has 0 aliphatic carbocycles. The van der Waals surface area contributed by atoms with Gasteiger partial charge >= 0.3 is 0 Å². The van der Waals surface area contributed by atoms with E-state index in [1.165, 1.54) is 11.8 Å². The van der Waals surface area contributed by atoms with Gasteiger partial charge in [0, 0.05) is 17.6 Å². The summed E-state index contributed by atoms with van der Waals surface area (Å²) in [6.45, 7) is 3.94. The lowest BCUT2D eigenvalue weighted by molar-refractivity contribution is 0.509. The van der Waals surface area contributed by atoms with Gasteiger partial charge in [-0.3, -0.25) is 0 Å². The summed E-state index contributed by atoms with van der Waals surface area (Å²) in [7, 11) is 1.80. The third-order valence-electron chi connectivity index (χ3n) is 3.13. The normalized spacial score (nSPS) is 12.5. The molecule has 0 bridgehead atoms. The van der Waals surface area contributed by atoms with E-state index in [-0.39, 0.29) is 5.25 Å². The van der Waals surface area contributed by atoms with Gasteiger partial charge in [0.25, 0.3) is 0 Å². The van der Waals surface area contributed by atoms with Crippen molar-refractivity contribution in [2.24, 2.45) is 7.05 Å². The standard InChI is InChI=1S/C14H14ClN5OS/c1-8-12(10-4-6-11(15)7-5-10)21-13(16-8)9(2)22-14-17-18-19-20(14)3/h4-7,9H,1-3H3. The summed E-state index contributed by atoms with van der Waals surface area (Å²) in [6.07, 6.45) is 0. The fraction of sp³-hybridized carbons (Fsp3) is 0.286. The quantitative estimate of drug-likeness (QED) is 0.677. The van der Waals surface area contributed by atoms with Crippen LogP contribution in [-0.4, -0.2) is 25.2 Å². The van der Waals surface area contributed by atoms with E-state index in [1.807, 2.05) is 38.1 Å². The van der Waals surface area contributed by atoms with Gasteiger partial charge in [0.2, 0.25) is 11.0 Å². The van der Waals surface area contributed by atoms with E-state index in [0.29, 0.717) is 10.9 Å². The van der Waals surface area contributed by atoms with Crippen molar-refractivity contribution in [3.8, 4) is 11.3 Å². The monoisotopic (exact) mass is 335 g/mol. The van der Waals surface area contributed by atoms with Gasteiger partial charge in [0.15, 0.2) is 5.76 Å². The topological polar surface area (TPSA) is 69.6 Å². The van der Waals surface area contributed by atoms with E-state index in [1.54, 1.807) is 11.7 Å². The highest BCUT2D eigenvalue weighted by molar-refractivity contribution is 7.99. The summed E-state index contributed by atoms with van der Waals surface area (Å²) in [6, 6.07) is 7.51. The number of tetrazole rings is 1. The molecule has 2 aromatic heterocycles. The Balaban J connectivity index is 1.85. The Bertz CT molecular complexity index is 783. The van der Waals surface area contributed by atoms with Crippen LogP contribution < -0.4 is 0 Å². The van der Waals surface area contributed by atoms with E-state index in [0.717, 1.165) is 22.2 Å². The molecule has 1 unspecified atom stereocenters. The second-order valence-electron chi connectivity index (χ2n) is 4.82. The molecule has 0 N–H and O–H groups in total. The highest BCUT2D eigenvalue weighted by Crippen LogP contribution is 2.35. The number of rotatable bonds is 4. The predicted molar refractivity (Wildman–Crippen MR) is 84.8 cm³/mol. The van der Waals surface area contributed by atoms with Gasteiger partial charge in [-0.2, -0.15) is 0 Å². The molecule has 114 valence electrons. The summed E-state index contributed by atoms with van der Waals surface area (Å²) >= 11 is 7.42. The van der Waals surface area contributed by atoms with Crippen LogP contribution in [0.1, 0.15) is 23.8 Å². The molecule has 0 saturated heterocycles. The van der Waals surface area contributed by atoms with Gasteiger partial charge in [-0.1, -0.05) is 23.4 Å². The average Bonchev–Trinajstić information content (AvgIpc) is 3.07. The Kier molecular flexibility index (Phi) is 4.17. The number of nitrogens with zero attached hydrogens (tertiary/aromatic N) is 5. The molecule has 0 amide bonds. The third-order valence-corrected chi connectivity index (χ3v) is 4.49. The summed E-state index contributed by atoms with van der Waals surface area (Å²) in [5.74, 6) is 1.41. The maximum absolute atomic E-state index is 5.94. The van der Waals surface area contributed by atoms with Gasteiger partial charge in [-0.25, -0.2) is 9.67 Å². The zero-order valence-electron chi connectivity index (χ0n) is 12.3. The first-order valence-corrected chi connectivity index (χ1v) is 7.92. The number of hydrogen-bond acceptors (Lipinski definition) is 6. The number of thioether (sulfide) groups is 1. The highest BCUT2D eigenvalue weighted by atomic mass is 35.5. The molecule has 3 aromatic rings. The molecule has 0 radical (unpaired) electrons. The molecule has 0 fully saturated rings. The zero-order valence-corrected chi connectivity index (χ0v) is 13.9. The largest absolute Gasteiger partial charge is 0.439 e. The van der Waals surface area contributed by atoms with Gasteiger partial charge < -0.3 is 4.42 Å². The van der Waals surface area contributed by atoms with E-state index in [4.69, 9.17) is 16.0 Å². The van der Waals surface area contributed by atoms with Crippen LogP contribution in [0, 0.1) is 6.92 Å². The summed E-state index contributed by atoms with van der Waals surface area (Å²) < 4.78 is 7.56. The first-order chi connectivity index (χ1) is 10.5. The first kappa shape index (κ1) is 15.1. The van der Waals surface area contributed by atoms with Crippen LogP contribution in [0.5, 0.6) is 0 Å². The van der Waals surface area contributed by atoms with Crippen molar-refractivity contribution in [3.63, 3.8) is 0 Å². The minimum Gasteiger partial charge on any atom is -0.439 e. The first-order valence-electron chi connectivity index (χ1n) is 6.67. The van der Waals surface area contributed by atoms with E-state index in [9.17, 15) is 0 Å². The van der Waals surface area contributed by atoms with Crippen molar-refractivity contribution in [3.05, 3.63) is 40.9 Å². The lowest BCUT2D eigenvalue weighted by atomic mass is 10.1. The third kappa shape index (κ3) is 3.00. The molecule has 0 aliphatic heterocycles. The van der Waals surface area contributed by atoms with Gasteiger partial charge in [0.1, 0.15) is 0 Å². The van der Waals surface area contributed by atoms with Crippen molar-refractivity contribution in [1.82, 2.24) is 25.2 Å². The van der Waals surface area contributed by atoms with Crippen LogP contribution in [0.15, 0.2) is 33.8 Å². The smallest absolute Gasteiger partial charge is 0.209 e. The van der Waals surface area contributed by atoms with Crippen LogP contribution in [0.2, 0.25) is 5.02 Å². The van der Waals surface area contributed by atoms with E-state index < -0.39 is 0 Å². The summed E-state index contributed by atoms with van der Waals surface area (Å²) in [4.78, 5) is 4.52. The Hall–Kier alpha value is -1.86. The van der Waals surface area contributed by atoms with Crippen molar-refractivity contribution >= 4 is 23.4 Å². The lowest BCUT2D eigenvalue weighted by Gasteiger charge is -2.04. The lowest BCUT2D eigenvalue weighted by Crippen LogP contribution is -1.96. The SMILES string of the molecule is Cc1nc(C(C)Sc2nnnn2C)oc1-c1ccc(Cl)cc1. The van der Waals surface area contributed by atoms with Gasteiger partial charge in [0.05, 0.1) is 10.9 Å². The molecule has 1 atom stereocenters. The Morgan fingerprint density at radius 1 is 1.27 bits per heavy atom. The summed E-state index contributed by atoms with van der Waals surface area (Å²) in [5, 5.41) is 12.8. The number of aryl methyl sites for hydroxylation is 2. The fourth-order valence-corrected chi connectivity index (χ4v) is 2.91. The van der Waals surface area contributed by atoms with Crippen molar-refractivity contribution in [1.29, 1.82) is 0 Å². The van der Waals surface area contributed by atoms with Crippen LogP contribution in [0.4, 0.5) is 0 Å². The number of halogens is 1. The Morgan fingerprint density at radius 2 is 2.00 bits per heavy atom. The van der Waals surface area contributed by atoms with Crippen LogP contribution >= 0.6 is 23.4 Å². The second kappa shape index (κ2) is 6.10. The molecule has 1 aromatic carbocycles. The number of oxazole rings is 1. The minimum atomic E-state index is 0.00412. The summed E-state index contributed by atoms with van der Waals surface area (Å²) in [5.41, 5.74) is 1.80. The second-order valence-corrected chi connectivity index (χ2v) is 6.56. The zero-order chi connectivity index (χ0) is 15.7. The molecule has 22 heavy (non-hydrogen) atoms. The van der Waals surface area contributed by atoms with Gasteiger partial charge in [-0.05, 0) is 48.5 Å². The average molecular weight is 336 g/mol. The van der Waals surface area contributed by atoms with Crippen LogP contribution in [-0.2, 0) is 7.05 Å². The highest BCUT2D eigenvalue weighted by Gasteiger charge is 2.20. The number of benzene rings is 1. The van der Waals surface area contributed by atoms with Crippen LogP contribution in [0.3, 0.4) is 0 Å². The van der Waals surface area contributed by atoms with Crippen molar-refractivity contribution < 1.29 is 4.42 Å². The van der Waals surface area contributed by atoms with Crippen LogP contribution in [0.25, 0.3) is 11.3 Å². The molecule has 0 aliphatic rings. The number of aromatic nitrogens is 5. The fourth-order valence-electron chi connectivity index (χ4n) is 1.99. The molecule has 3 rings (SSSR count). The van der Waals surface area contributed by atoms with Gasteiger partial charge in [-0.15, -0.1) is 5.10 Å². The molecule has 0 spiro atoms. The molecule has 0 saturated carbocycles. The molecule has 8 heteroatoms. The van der Waals surface area contributed by atoms with Crippen molar-refractivity contribution in [2.75, 3.05) is 0 Å². The molecule has 6 nitrogen and oxygen atoms in total. The van der Waals surface area contributed by atoms with E-state index >= 15 is 0 Å². The van der Waals surface area contributed by atoms with E-state index in [2.05, 4.69) is 20.5 Å². The Morgan fingerprint density at radius 3 is 2.64 bits per heavy atom. The minimum absolute atomic E-state index is 0.00412. The van der Waals surface area contributed by atoms with Crippen molar-refractivity contribution in [2.45, 2.75) is 24.3 Å². The Labute approximate surface area is 136 Å². The predicted octanol–water partition coefficient (Wildman–Crippen LogP) is 3.68. The molecular formula is C14H14ClN5OS.